The zero-order valence-electron chi connectivity index (χ0n) is 8.26. The van der Waals surface area contributed by atoms with Gasteiger partial charge < -0.3 is 19.9 Å². The lowest BCUT2D eigenvalue weighted by molar-refractivity contribution is 0.0220. The molecule has 0 aliphatic heterocycles. The van der Waals surface area contributed by atoms with Crippen LogP contribution < -0.4 is 5.73 Å². The first kappa shape index (κ1) is 13.2. The summed E-state index contributed by atoms with van der Waals surface area (Å²) < 4.78 is 15.0. The Labute approximate surface area is 82.7 Å². The summed E-state index contributed by atoms with van der Waals surface area (Å²) in [7, 11) is 1.61. The first-order valence-electron chi connectivity index (χ1n) is 4.25. The lowest BCUT2D eigenvalue weighted by Crippen LogP contribution is -2.24. The molecule has 7 nitrogen and oxygen atoms in total. The summed E-state index contributed by atoms with van der Waals surface area (Å²) >= 11 is 0. The molecule has 0 aliphatic carbocycles. The summed E-state index contributed by atoms with van der Waals surface area (Å²) in [5.41, 5.74) is 13.4. The standard InChI is InChI=1S/C7H16N4O3/c1-12-2-3-13-4-5-14-6-7(8)10-11-9/h7H,2-6,8H2,1H3. The van der Waals surface area contributed by atoms with E-state index < -0.39 is 6.17 Å². The lowest BCUT2D eigenvalue weighted by Gasteiger charge is -2.06. The van der Waals surface area contributed by atoms with Crippen molar-refractivity contribution in [1.29, 1.82) is 0 Å². The molecule has 0 saturated heterocycles. The molecule has 0 fully saturated rings. The van der Waals surface area contributed by atoms with Gasteiger partial charge in [-0.25, -0.2) is 0 Å². The molecule has 0 radical (unpaired) electrons. The van der Waals surface area contributed by atoms with E-state index >= 15 is 0 Å². The van der Waals surface area contributed by atoms with Gasteiger partial charge in [0.05, 0.1) is 33.0 Å². The zero-order chi connectivity index (χ0) is 10.6. The van der Waals surface area contributed by atoms with Crippen LogP contribution in [0.15, 0.2) is 5.11 Å². The van der Waals surface area contributed by atoms with E-state index in [2.05, 4.69) is 10.0 Å². The second kappa shape index (κ2) is 10.2. The van der Waals surface area contributed by atoms with Gasteiger partial charge in [-0.2, -0.15) is 0 Å². The van der Waals surface area contributed by atoms with Crippen molar-refractivity contribution in [3.63, 3.8) is 0 Å². The summed E-state index contributed by atoms with van der Waals surface area (Å²) in [6.45, 7) is 2.23. The average Bonchev–Trinajstić information content (AvgIpc) is 2.17. The van der Waals surface area contributed by atoms with Crippen molar-refractivity contribution >= 4 is 0 Å². The highest BCUT2D eigenvalue weighted by Crippen LogP contribution is 1.85. The van der Waals surface area contributed by atoms with Gasteiger partial charge >= 0.3 is 0 Å². The molecule has 0 heterocycles. The van der Waals surface area contributed by atoms with Crippen LogP contribution in [0, 0.1) is 0 Å². The van der Waals surface area contributed by atoms with Gasteiger partial charge in [0, 0.05) is 12.0 Å². The number of ether oxygens (including phenoxy) is 3. The van der Waals surface area contributed by atoms with Crippen molar-refractivity contribution < 1.29 is 14.2 Å². The van der Waals surface area contributed by atoms with Crippen LogP contribution in [-0.4, -0.2) is 46.3 Å². The first-order valence-corrected chi connectivity index (χ1v) is 4.25. The minimum absolute atomic E-state index is 0.206. The van der Waals surface area contributed by atoms with Crippen LogP contribution in [0.4, 0.5) is 0 Å². The monoisotopic (exact) mass is 204 g/mol. The molecule has 0 aromatic heterocycles. The summed E-state index contributed by atoms with van der Waals surface area (Å²) in [4.78, 5) is 2.55. The smallest absolute Gasteiger partial charge is 0.107 e. The molecule has 0 rings (SSSR count). The van der Waals surface area contributed by atoms with Crippen molar-refractivity contribution in [2.45, 2.75) is 6.17 Å². The Kier molecular flexibility index (Phi) is 9.61. The molecule has 0 amide bonds. The maximum absolute atomic E-state index is 8.02. The minimum Gasteiger partial charge on any atom is -0.382 e. The molecule has 7 heteroatoms. The van der Waals surface area contributed by atoms with Crippen molar-refractivity contribution in [1.82, 2.24) is 0 Å². The van der Waals surface area contributed by atoms with Crippen LogP contribution in [-0.2, 0) is 14.2 Å². The molecule has 0 aromatic rings. The van der Waals surface area contributed by atoms with Gasteiger partial charge in [-0.1, -0.05) is 5.11 Å². The normalized spacial score (nSPS) is 12.1. The molecule has 0 spiro atoms. The molecule has 2 N–H and O–H groups in total. The van der Waals surface area contributed by atoms with Gasteiger partial charge in [0.15, 0.2) is 0 Å². The number of hydrogen-bond acceptors (Lipinski definition) is 5. The third-order valence-corrected chi connectivity index (χ3v) is 1.29. The average molecular weight is 204 g/mol. The number of rotatable bonds is 9. The molecule has 82 valence electrons. The van der Waals surface area contributed by atoms with E-state index in [0.29, 0.717) is 26.4 Å². The summed E-state index contributed by atoms with van der Waals surface area (Å²) in [5, 5.41) is 3.24. The minimum atomic E-state index is -0.626. The van der Waals surface area contributed by atoms with E-state index in [-0.39, 0.29) is 6.61 Å². The Morgan fingerprint density at radius 1 is 1.29 bits per heavy atom. The Morgan fingerprint density at radius 2 is 1.93 bits per heavy atom. The van der Waals surface area contributed by atoms with Crippen LogP contribution >= 0.6 is 0 Å². The molecular weight excluding hydrogens is 188 g/mol. The highest BCUT2D eigenvalue weighted by molar-refractivity contribution is 4.56. The molecule has 0 bridgehead atoms. The molecule has 0 saturated carbocycles. The SMILES string of the molecule is COCCOCCOCC(N)N=[N+]=[N-]. The molecule has 1 atom stereocenters. The fourth-order valence-corrected chi connectivity index (χ4v) is 0.666. The van der Waals surface area contributed by atoms with Gasteiger partial charge in [-0.3, -0.25) is 0 Å². The number of nitrogens with zero attached hydrogens (tertiary/aromatic N) is 3. The second-order valence-electron chi connectivity index (χ2n) is 2.45. The second-order valence-corrected chi connectivity index (χ2v) is 2.45. The lowest BCUT2D eigenvalue weighted by atomic mass is 10.6. The number of azide groups is 1. The van der Waals surface area contributed by atoms with E-state index in [9.17, 15) is 0 Å². The zero-order valence-corrected chi connectivity index (χ0v) is 8.26. The van der Waals surface area contributed by atoms with Crippen LogP contribution in [0.1, 0.15) is 0 Å². The third kappa shape index (κ3) is 9.24. The summed E-state index contributed by atoms with van der Waals surface area (Å²) in [6.07, 6.45) is -0.626. The molecule has 1 unspecified atom stereocenters. The van der Waals surface area contributed by atoms with Gasteiger partial charge in [-0.15, -0.1) is 0 Å². The van der Waals surface area contributed by atoms with Gasteiger partial charge in [-0.05, 0) is 5.53 Å². The summed E-state index contributed by atoms with van der Waals surface area (Å²) in [6, 6.07) is 0. The fraction of sp³-hybridized carbons (Fsp3) is 1.00. The van der Waals surface area contributed by atoms with E-state index in [4.69, 9.17) is 25.5 Å². The fourth-order valence-electron chi connectivity index (χ4n) is 0.666. The highest BCUT2D eigenvalue weighted by Gasteiger charge is 1.97. The van der Waals surface area contributed by atoms with Crippen LogP contribution in [0.25, 0.3) is 10.4 Å². The number of methoxy groups -OCH3 is 1. The largest absolute Gasteiger partial charge is 0.382 e. The van der Waals surface area contributed by atoms with Gasteiger partial charge in [0.1, 0.15) is 6.17 Å². The molecule has 0 aliphatic rings. The third-order valence-electron chi connectivity index (χ3n) is 1.29. The maximum atomic E-state index is 8.02. The molecular formula is C7H16N4O3. The van der Waals surface area contributed by atoms with Crippen molar-refractivity contribution in [2.75, 3.05) is 40.1 Å². The number of hydrogen-bond donors (Lipinski definition) is 1. The van der Waals surface area contributed by atoms with Crippen molar-refractivity contribution in [2.24, 2.45) is 10.8 Å². The summed E-state index contributed by atoms with van der Waals surface area (Å²) in [5.74, 6) is 0. The van der Waals surface area contributed by atoms with E-state index in [1.807, 2.05) is 0 Å². The molecule has 0 aromatic carbocycles. The van der Waals surface area contributed by atoms with E-state index in [0.717, 1.165) is 0 Å². The Balaban J connectivity index is 3.09. The number of nitrogens with two attached hydrogens (primary N) is 1. The van der Waals surface area contributed by atoms with Gasteiger partial charge in [0.2, 0.25) is 0 Å². The molecule has 14 heavy (non-hydrogen) atoms. The van der Waals surface area contributed by atoms with Crippen LogP contribution in [0.5, 0.6) is 0 Å². The topological polar surface area (TPSA) is 102 Å². The van der Waals surface area contributed by atoms with Crippen LogP contribution in [0.3, 0.4) is 0 Å². The quantitative estimate of drug-likeness (QED) is 0.252. The Morgan fingerprint density at radius 3 is 2.57 bits per heavy atom. The van der Waals surface area contributed by atoms with E-state index in [1.165, 1.54) is 0 Å². The first-order chi connectivity index (χ1) is 6.81. The van der Waals surface area contributed by atoms with Crippen molar-refractivity contribution in [3.8, 4) is 0 Å². The maximum Gasteiger partial charge on any atom is 0.107 e. The predicted octanol–water partition coefficient (Wildman–Crippen LogP) is 0.261. The van der Waals surface area contributed by atoms with E-state index in [1.54, 1.807) is 7.11 Å². The Hall–Kier alpha value is -0.850. The van der Waals surface area contributed by atoms with Crippen molar-refractivity contribution in [3.05, 3.63) is 10.4 Å². The van der Waals surface area contributed by atoms with Gasteiger partial charge in [0.25, 0.3) is 0 Å². The van der Waals surface area contributed by atoms with Crippen LogP contribution in [0.2, 0.25) is 0 Å². The predicted molar refractivity (Wildman–Crippen MR) is 50.6 cm³/mol. The highest BCUT2D eigenvalue weighted by atomic mass is 16.5. The Bertz CT molecular complexity index is 172.